The first-order chi connectivity index (χ1) is 9.54. The quantitative estimate of drug-likeness (QED) is 0.217. The van der Waals surface area contributed by atoms with Gasteiger partial charge in [-0.2, -0.15) is 0 Å². The van der Waals surface area contributed by atoms with Gasteiger partial charge in [0.05, 0.1) is 0 Å². The van der Waals surface area contributed by atoms with E-state index in [1.54, 1.807) is 0 Å². The fraction of sp³-hybridized carbons (Fsp3) is 1.00. The summed E-state index contributed by atoms with van der Waals surface area (Å²) >= 11 is 4.47. The van der Waals surface area contributed by atoms with Crippen LogP contribution in [-0.2, 0) is 0 Å². The predicted molar refractivity (Wildman–Crippen MR) is 104 cm³/mol. The van der Waals surface area contributed by atoms with Gasteiger partial charge in [-0.1, -0.05) is 0 Å². The van der Waals surface area contributed by atoms with Gasteiger partial charge in [0.25, 0.3) is 0 Å². The zero-order valence-electron chi connectivity index (χ0n) is 14.7. The van der Waals surface area contributed by atoms with E-state index >= 15 is 0 Å². The van der Waals surface area contributed by atoms with Crippen molar-refractivity contribution in [3.63, 3.8) is 0 Å². The fourth-order valence-corrected chi connectivity index (χ4v) is 12.3. The van der Waals surface area contributed by atoms with E-state index in [4.69, 9.17) is 0 Å². The Bertz CT molecular complexity index is 198. The fourth-order valence-electron chi connectivity index (χ4n) is 3.50. The zero-order valence-corrected chi connectivity index (χ0v) is 17.2. The minimum atomic E-state index is -1.58. The first kappa shape index (κ1) is 20.9. The molecule has 0 heterocycles. The summed E-state index contributed by atoms with van der Waals surface area (Å²) in [4.78, 5) is 0. The van der Waals surface area contributed by atoms with E-state index in [1.165, 1.54) is 88.9 Å². The van der Waals surface area contributed by atoms with E-state index in [-0.39, 0.29) is 0 Å². The van der Waals surface area contributed by atoms with Crippen LogP contribution >= 0.6 is 20.8 Å². The SMILES string of the molecule is CCCCCP(Br)(CCC)(CCCCC)CCCCC. The molecule has 0 aromatic rings. The molecule has 0 saturated carbocycles. The summed E-state index contributed by atoms with van der Waals surface area (Å²) in [6, 6.07) is 0. The minimum absolute atomic E-state index is 1.36. The summed E-state index contributed by atoms with van der Waals surface area (Å²) in [7, 11) is 0. The molecule has 0 bridgehead atoms. The van der Waals surface area contributed by atoms with E-state index < -0.39 is 5.31 Å². The van der Waals surface area contributed by atoms with Crippen molar-refractivity contribution in [1.82, 2.24) is 0 Å². The van der Waals surface area contributed by atoms with Crippen molar-refractivity contribution < 1.29 is 0 Å². The van der Waals surface area contributed by atoms with Gasteiger partial charge in [0.15, 0.2) is 0 Å². The molecule has 0 radical (unpaired) electrons. The third kappa shape index (κ3) is 8.38. The van der Waals surface area contributed by atoms with Crippen LogP contribution in [0.3, 0.4) is 0 Å². The second-order valence-electron chi connectivity index (χ2n) is 6.84. The Balaban J connectivity index is 4.76. The number of hydrogen-bond donors (Lipinski definition) is 0. The molecular weight excluding hydrogens is 327 g/mol. The maximum atomic E-state index is 4.47. The van der Waals surface area contributed by atoms with Gasteiger partial charge >= 0.3 is 137 Å². The summed E-state index contributed by atoms with van der Waals surface area (Å²) in [6.07, 6.45) is 20.1. The molecule has 0 rings (SSSR count). The predicted octanol–water partition coefficient (Wildman–Crippen LogP) is 7.83. The van der Waals surface area contributed by atoms with Crippen molar-refractivity contribution in [1.29, 1.82) is 0 Å². The summed E-state index contributed by atoms with van der Waals surface area (Å²) in [5.41, 5.74) is 0. The van der Waals surface area contributed by atoms with Gasteiger partial charge < -0.3 is 0 Å². The molecule has 0 aromatic carbocycles. The topological polar surface area (TPSA) is 0 Å². The molecule has 0 N–H and O–H groups in total. The molecule has 2 heteroatoms. The van der Waals surface area contributed by atoms with Crippen LogP contribution in [0, 0.1) is 0 Å². The molecular formula is C18H40BrP. The molecule has 0 spiro atoms. The van der Waals surface area contributed by atoms with Gasteiger partial charge in [0.1, 0.15) is 0 Å². The number of hydrogen-bond acceptors (Lipinski definition) is 0. The van der Waals surface area contributed by atoms with Crippen LogP contribution < -0.4 is 0 Å². The van der Waals surface area contributed by atoms with Crippen LogP contribution in [0.5, 0.6) is 0 Å². The number of rotatable bonds is 14. The Morgan fingerprint density at radius 1 is 0.500 bits per heavy atom. The molecule has 0 fully saturated rings. The molecule has 0 aliphatic rings. The summed E-state index contributed by atoms with van der Waals surface area (Å²) in [5, 5.41) is -1.58. The summed E-state index contributed by atoms with van der Waals surface area (Å²) in [6.45, 7) is 9.38. The molecule has 0 nitrogen and oxygen atoms in total. The van der Waals surface area contributed by atoms with Crippen molar-refractivity contribution in [3.8, 4) is 0 Å². The average molecular weight is 367 g/mol. The van der Waals surface area contributed by atoms with Crippen molar-refractivity contribution in [2.24, 2.45) is 0 Å². The van der Waals surface area contributed by atoms with E-state index in [2.05, 4.69) is 43.2 Å². The van der Waals surface area contributed by atoms with Crippen LogP contribution in [-0.4, -0.2) is 24.6 Å². The first-order valence-electron chi connectivity index (χ1n) is 9.26. The Morgan fingerprint density at radius 3 is 1.10 bits per heavy atom. The van der Waals surface area contributed by atoms with Crippen LogP contribution in [0.4, 0.5) is 0 Å². The normalized spacial score (nSPS) is 14.2. The second-order valence-corrected chi connectivity index (χ2v) is 18.3. The van der Waals surface area contributed by atoms with Gasteiger partial charge in [0, 0.05) is 0 Å². The second kappa shape index (κ2) is 11.5. The monoisotopic (exact) mass is 366 g/mol. The van der Waals surface area contributed by atoms with Crippen LogP contribution in [0.25, 0.3) is 0 Å². The first-order valence-corrected chi connectivity index (χ1v) is 14.3. The van der Waals surface area contributed by atoms with Crippen molar-refractivity contribution >= 4 is 20.8 Å². The Labute approximate surface area is 137 Å². The molecule has 20 heavy (non-hydrogen) atoms. The van der Waals surface area contributed by atoms with Crippen LogP contribution in [0.1, 0.15) is 91.9 Å². The maximum absolute atomic E-state index is 4.47. The molecule has 0 aliphatic carbocycles. The van der Waals surface area contributed by atoms with Gasteiger partial charge in [0.2, 0.25) is 0 Å². The molecule has 0 amide bonds. The Hall–Kier alpha value is 0.910. The molecule has 0 atom stereocenters. The van der Waals surface area contributed by atoms with Crippen LogP contribution in [0.15, 0.2) is 0 Å². The van der Waals surface area contributed by atoms with Gasteiger partial charge in [-0.3, -0.25) is 0 Å². The van der Waals surface area contributed by atoms with E-state index in [0.717, 1.165) is 0 Å². The van der Waals surface area contributed by atoms with Crippen LogP contribution in [0.2, 0.25) is 0 Å². The van der Waals surface area contributed by atoms with E-state index in [9.17, 15) is 0 Å². The molecule has 124 valence electrons. The van der Waals surface area contributed by atoms with E-state index in [0.29, 0.717) is 0 Å². The standard InChI is InChI=1S/C18H40BrP/c1-5-9-12-16-20(19,15-8-4,17-13-10-6-2)18-14-11-7-3/h5-18H2,1-4H3. The van der Waals surface area contributed by atoms with Crippen molar-refractivity contribution in [2.45, 2.75) is 91.9 Å². The van der Waals surface area contributed by atoms with Gasteiger partial charge in [-0.15, -0.1) is 0 Å². The van der Waals surface area contributed by atoms with Gasteiger partial charge in [-0.05, 0) is 0 Å². The molecule has 0 unspecified atom stereocenters. The summed E-state index contributed by atoms with van der Waals surface area (Å²) < 4.78 is 0. The summed E-state index contributed by atoms with van der Waals surface area (Å²) in [5.74, 6) is 0. The van der Waals surface area contributed by atoms with E-state index in [1.807, 2.05) is 0 Å². The zero-order chi connectivity index (χ0) is 15.3. The third-order valence-electron chi connectivity index (χ3n) is 4.74. The Morgan fingerprint density at radius 2 is 0.850 bits per heavy atom. The molecule has 0 aromatic heterocycles. The van der Waals surface area contributed by atoms with Gasteiger partial charge in [-0.25, -0.2) is 0 Å². The number of halogens is 1. The van der Waals surface area contributed by atoms with Crippen molar-refractivity contribution in [2.75, 3.05) is 24.6 Å². The number of unbranched alkanes of at least 4 members (excludes halogenated alkanes) is 6. The third-order valence-corrected chi connectivity index (χ3v) is 14.9. The molecule has 0 saturated heterocycles. The average Bonchev–Trinajstić information content (AvgIpc) is 2.40. The van der Waals surface area contributed by atoms with Crippen molar-refractivity contribution in [3.05, 3.63) is 0 Å². The Kier molecular flexibility index (Phi) is 12.0. The molecule has 0 aliphatic heterocycles.